The third-order valence-electron chi connectivity index (χ3n) is 3.09. The van der Waals surface area contributed by atoms with E-state index in [2.05, 4.69) is 0 Å². The SMILES string of the molecule is CCCCOC(=O)[C@H](C)OC(=O)/C=C/C(=O)O[C@@H](C)C(=O)OCCCC. The first kappa shape index (κ1) is 23.6. The summed E-state index contributed by atoms with van der Waals surface area (Å²) in [7, 11) is 0. The van der Waals surface area contributed by atoms with E-state index in [1.54, 1.807) is 0 Å². The topological polar surface area (TPSA) is 105 Å². The minimum absolute atomic E-state index is 0.256. The molecule has 0 unspecified atom stereocenters. The minimum atomic E-state index is -1.09. The van der Waals surface area contributed by atoms with Crippen molar-refractivity contribution in [3.63, 3.8) is 0 Å². The summed E-state index contributed by atoms with van der Waals surface area (Å²) in [5.74, 6) is -3.13. The zero-order valence-corrected chi connectivity index (χ0v) is 15.8. The molecule has 0 heterocycles. The summed E-state index contributed by atoms with van der Waals surface area (Å²) in [5, 5.41) is 0. The monoisotopic (exact) mass is 372 g/mol. The first-order valence-corrected chi connectivity index (χ1v) is 8.74. The van der Waals surface area contributed by atoms with Gasteiger partial charge in [-0.15, -0.1) is 0 Å². The van der Waals surface area contributed by atoms with Gasteiger partial charge in [0.1, 0.15) is 0 Å². The van der Waals surface area contributed by atoms with Gasteiger partial charge in [-0.2, -0.15) is 0 Å². The normalized spacial score (nSPS) is 12.9. The number of ether oxygens (including phenoxy) is 4. The molecule has 8 nitrogen and oxygen atoms in total. The molecule has 0 aromatic heterocycles. The number of rotatable bonds is 12. The minimum Gasteiger partial charge on any atom is -0.463 e. The number of esters is 4. The van der Waals surface area contributed by atoms with Crippen LogP contribution in [-0.2, 0) is 38.1 Å². The molecule has 8 heteroatoms. The van der Waals surface area contributed by atoms with E-state index < -0.39 is 36.1 Å². The van der Waals surface area contributed by atoms with Gasteiger partial charge in [0.05, 0.1) is 13.2 Å². The van der Waals surface area contributed by atoms with Crippen molar-refractivity contribution in [3.8, 4) is 0 Å². The lowest BCUT2D eigenvalue weighted by atomic mass is 10.3. The summed E-state index contributed by atoms with van der Waals surface area (Å²) in [6, 6.07) is 0. The summed E-state index contributed by atoms with van der Waals surface area (Å²) in [5.41, 5.74) is 0. The molecule has 148 valence electrons. The molecule has 0 spiro atoms. The third-order valence-corrected chi connectivity index (χ3v) is 3.09. The molecular formula is C18H28O8. The molecule has 26 heavy (non-hydrogen) atoms. The summed E-state index contributed by atoms with van der Waals surface area (Å²) >= 11 is 0. The van der Waals surface area contributed by atoms with E-state index in [9.17, 15) is 19.2 Å². The highest BCUT2D eigenvalue weighted by Gasteiger charge is 2.20. The molecule has 0 rings (SSSR count). The number of hydrogen-bond acceptors (Lipinski definition) is 8. The van der Waals surface area contributed by atoms with Crippen LogP contribution in [0, 0.1) is 0 Å². The van der Waals surface area contributed by atoms with Crippen LogP contribution in [0.25, 0.3) is 0 Å². The van der Waals surface area contributed by atoms with Crippen LogP contribution < -0.4 is 0 Å². The van der Waals surface area contributed by atoms with Gasteiger partial charge in [-0.05, 0) is 26.7 Å². The molecule has 0 aromatic rings. The first-order chi connectivity index (χ1) is 12.3. The highest BCUT2D eigenvalue weighted by Crippen LogP contribution is 2.01. The van der Waals surface area contributed by atoms with Gasteiger partial charge in [-0.25, -0.2) is 19.2 Å². The number of carbonyl (C=O) groups is 4. The van der Waals surface area contributed by atoms with Crippen LogP contribution in [0.5, 0.6) is 0 Å². The van der Waals surface area contributed by atoms with Crippen molar-refractivity contribution in [2.45, 2.75) is 65.6 Å². The average molecular weight is 372 g/mol. The predicted molar refractivity (Wildman–Crippen MR) is 92.0 cm³/mol. The lowest BCUT2D eigenvalue weighted by Gasteiger charge is -2.12. The molecule has 0 amide bonds. The second-order valence-corrected chi connectivity index (χ2v) is 5.53. The Balaban J connectivity index is 4.23. The van der Waals surface area contributed by atoms with Crippen LogP contribution in [0.2, 0.25) is 0 Å². The van der Waals surface area contributed by atoms with Crippen LogP contribution in [-0.4, -0.2) is 49.3 Å². The van der Waals surface area contributed by atoms with Crippen LogP contribution in [0.1, 0.15) is 53.4 Å². The fraction of sp³-hybridized carbons (Fsp3) is 0.667. The van der Waals surface area contributed by atoms with Crippen molar-refractivity contribution in [2.24, 2.45) is 0 Å². The Kier molecular flexibility index (Phi) is 12.6. The Bertz CT molecular complexity index is 453. The molecular weight excluding hydrogens is 344 g/mol. The molecule has 0 saturated carbocycles. The Morgan fingerprint density at radius 2 is 1.08 bits per heavy atom. The van der Waals surface area contributed by atoms with Crippen LogP contribution in [0.3, 0.4) is 0 Å². The Morgan fingerprint density at radius 3 is 1.38 bits per heavy atom. The molecule has 2 atom stereocenters. The van der Waals surface area contributed by atoms with E-state index in [0.29, 0.717) is 0 Å². The molecule has 0 fully saturated rings. The Morgan fingerprint density at radius 1 is 0.731 bits per heavy atom. The van der Waals surface area contributed by atoms with E-state index in [4.69, 9.17) is 18.9 Å². The zero-order valence-electron chi connectivity index (χ0n) is 15.8. The van der Waals surface area contributed by atoms with E-state index in [1.807, 2.05) is 13.8 Å². The van der Waals surface area contributed by atoms with Crippen LogP contribution in [0.15, 0.2) is 12.2 Å². The van der Waals surface area contributed by atoms with Crippen molar-refractivity contribution in [1.29, 1.82) is 0 Å². The van der Waals surface area contributed by atoms with Gasteiger partial charge in [0.25, 0.3) is 0 Å². The summed E-state index contributed by atoms with van der Waals surface area (Å²) < 4.78 is 19.4. The van der Waals surface area contributed by atoms with E-state index in [0.717, 1.165) is 37.8 Å². The second kappa shape index (κ2) is 13.9. The maximum Gasteiger partial charge on any atom is 0.347 e. The van der Waals surface area contributed by atoms with E-state index in [1.165, 1.54) is 13.8 Å². The van der Waals surface area contributed by atoms with Crippen molar-refractivity contribution in [2.75, 3.05) is 13.2 Å². The average Bonchev–Trinajstić information content (AvgIpc) is 2.60. The van der Waals surface area contributed by atoms with E-state index >= 15 is 0 Å². The van der Waals surface area contributed by atoms with Gasteiger partial charge in [0.15, 0.2) is 12.2 Å². The summed E-state index contributed by atoms with van der Waals surface area (Å²) in [4.78, 5) is 46.2. The van der Waals surface area contributed by atoms with Gasteiger partial charge in [0, 0.05) is 12.2 Å². The van der Waals surface area contributed by atoms with Gasteiger partial charge in [-0.1, -0.05) is 26.7 Å². The standard InChI is InChI=1S/C18H28O8/c1-5-7-11-23-17(21)13(3)25-15(19)9-10-16(20)26-14(4)18(22)24-12-8-6-2/h9-10,13-14H,5-8,11-12H2,1-4H3/b10-9+/t13-,14-/m0/s1. The number of carbonyl (C=O) groups excluding carboxylic acids is 4. The molecule has 0 aliphatic rings. The van der Waals surface area contributed by atoms with Crippen molar-refractivity contribution < 1.29 is 38.1 Å². The molecule has 0 saturated heterocycles. The van der Waals surface area contributed by atoms with Crippen molar-refractivity contribution >= 4 is 23.9 Å². The first-order valence-electron chi connectivity index (χ1n) is 8.74. The fourth-order valence-corrected chi connectivity index (χ4v) is 1.53. The lowest BCUT2D eigenvalue weighted by molar-refractivity contribution is -0.164. The van der Waals surface area contributed by atoms with Gasteiger partial charge in [0.2, 0.25) is 0 Å². The molecule has 0 N–H and O–H groups in total. The Labute approximate surface area is 153 Å². The quantitative estimate of drug-likeness (QED) is 0.222. The van der Waals surface area contributed by atoms with Crippen molar-refractivity contribution in [3.05, 3.63) is 12.2 Å². The van der Waals surface area contributed by atoms with Gasteiger partial charge >= 0.3 is 23.9 Å². The predicted octanol–water partition coefficient (Wildman–Crippen LogP) is 2.09. The van der Waals surface area contributed by atoms with Crippen LogP contribution in [0.4, 0.5) is 0 Å². The second-order valence-electron chi connectivity index (χ2n) is 5.53. The number of unbranched alkanes of at least 4 members (excludes halogenated alkanes) is 2. The Hall–Kier alpha value is -2.38. The highest BCUT2D eigenvalue weighted by atomic mass is 16.6. The van der Waals surface area contributed by atoms with Gasteiger partial charge < -0.3 is 18.9 Å². The molecule has 0 radical (unpaired) electrons. The summed E-state index contributed by atoms with van der Waals surface area (Å²) in [6.07, 6.45) is 2.63. The van der Waals surface area contributed by atoms with Crippen LogP contribution >= 0.6 is 0 Å². The maximum absolute atomic E-state index is 11.6. The van der Waals surface area contributed by atoms with E-state index in [-0.39, 0.29) is 13.2 Å². The molecule has 0 aliphatic heterocycles. The molecule has 0 bridgehead atoms. The molecule has 0 aromatic carbocycles. The lowest BCUT2D eigenvalue weighted by Crippen LogP contribution is -2.27. The van der Waals surface area contributed by atoms with Crippen molar-refractivity contribution in [1.82, 2.24) is 0 Å². The zero-order chi connectivity index (χ0) is 19.9. The third kappa shape index (κ3) is 11.2. The molecule has 0 aliphatic carbocycles. The maximum atomic E-state index is 11.6. The fourth-order valence-electron chi connectivity index (χ4n) is 1.53. The van der Waals surface area contributed by atoms with Gasteiger partial charge in [-0.3, -0.25) is 0 Å². The summed E-state index contributed by atoms with van der Waals surface area (Å²) in [6.45, 7) is 7.15. The number of hydrogen-bond donors (Lipinski definition) is 0. The largest absolute Gasteiger partial charge is 0.463 e. The highest BCUT2D eigenvalue weighted by molar-refractivity contribution is 5.93. The smallest absolute Gasteiger partial charge is 0.347 e.